The molecule has 0 aliphatic heterocycles. The third kappa shape index (κ3) is 7.44. The van der Waals surface area contributed by atoms with Gasteiger partial charge in [0, 0.05) is 17.2 Å². The summed E-state index contributed by atoms with van der Waals surface area (Å²) in [6, 6.07) is 5.83. The summed E-state index contributed by atoms with van der Waals surface area (Å²) in [6.07, 6.45) is 0.517. The van der Waals surface area contributed by atoms with Crippen molar-refractivity contribution < 1.29 is 13.7 Å². The molecular weight excluding hydrogens is 422 g/mol. The van der Waals surface area contributed by atoms with Gasteiger partial charge in [-0.3, -0.25) is 0 Å². The summed E-state index contributed by atoms with van der Waals surface area (Å²) in [6.45, 7) is 19.1. The molecule has 3 atom stereocenters. The minimum atomic E-state index is -1.98. The Bertz CT molecular complexity index is 658. The van der Waals surface area contributed by atoms with Gasteiger partial charge >= 0.3 is 0 Å². The second-order valence-corrected chi connectivity index (χ2v) is 17.2. The van der Waals surface area contributed by atoms with Gasteiger partial charge in [0.25, 0.3) is 0 Å². The smallest absolute Gasteiger partial charge is 0.192 e. The van der Waals surface area contributed by atoms with Crippen LogP contribution in [-0.4, -0.2) is 36.7 Å². The first kappa shape index (κ1) is 26.8. The van der Waals surface area contributed by atoms with Crippen molar-refractivity contribution in [2.24, 2.45) is 0 Å². The van der Waals surface area contributed by atoms with Crippen molar-refractivity contribution in [1.29, 1.82) is 0 Å². The lowest BCUT2D eigenvalue weighted by Crippen LogP contribution is -2.46. The molecule has 1 unspecified atom stereocenters. The van der Waals surface area contributed by atoms with Gasteiger partial charge < -0.3 is 13.7 Å². The van der Waals surface area contributed by atoms with Gasteiger partial charge in [0.2, 0.25) is 0 Å². The Morgan fingerprint density at radius 2 is 1.76 bits per heavy atom. The summed E-state index contributed by atoms with van der Waals surface area (Å²) >= 11 is 5.13. The van der Waals surface area contributed by atoms with Crippen molar-refractivity contribution in [3.63, 3.8) is 0 Å². The van der Waals surface area contributed by atoms with Crippen LogP contribution >= 0.6 is 11.6 Å². The molecule has 1 N–H and O–H groups in total. The summed E-state index contributed by atoms with van der Waals surface area (Å²) in [5.41, 5.74) is 2.11. The topological polar surface area (TPSA) is 53.5 Å². The van der Waals surface area contributed by atoms with Crippen LogP contribution in [0, 0.1) is 6.92 Å². The number of benzene rings is 1. The molecular formula is C22H40ClNO3SSi. The van der Waals surface area contributed by atoms with Crippen LogP contribution in [0.5, 0.6) is 5.75 Å². The van der Waals surface area contributed by atoms with E-state index in [9.17, 15) is 4.55 Å². The molecule has 0 amide bonds. The fourth-order valence-electron chi connectivity index (χ4n) is 2.77. The molecule has 0 aromatic heterocycles. The Labute approximate surface area is 187 Å². The summed E-state index contributed by atoms with van der Waals surface area (Å²) < 4.78 is 28.0. The summed E-state index contributed by atoms with van der Waals surface area (Å²) in [5, 5.41) is 0.0976. The maximum atomic E-state index is 12.9. The van der Waals surface area contributed by atoms with Crippen LogP contribution in [0.4, 0.5) is 0 Å². The Kier molecular flexibility index (Phi) is 9.59. The van der Waals surface area contributed by atoms with Gasteiger partial charge in [0.05, 0.1) is 19.3 Å². The number of hydrogen-bond acceptors (Lipinski definition) is 4. The van der Waals surface area contributed by atoms with Gasteiger partial charge in [-0.15, -0.1) is 16.3 Å². The number of ether oxygens (including phenoxy) is 1. The van der Waals surface area contributed by atoms with Gasteiger partial charge in [-0.25, -0.2) is 0 Å². The first-order valence-corrected chi connectivity index (χ1v) is 14.8. The van der Waals surface area contributed by atoms with Crippen molar-refractivity contribution >= 4 is 31.3 Å². The third-order valence-corrected chi connectivity index (χ3v) is 12.2. The molecule has 4 nitrogen and oxygen atoms in total. The van der Waals surface area contributed by atoms with Crippen LogP contribution in [0.3, 0.4) is 0 Å². The molecule has 1 aromatic rings. The average molecular weight is 462 g/mol. The Morgan fingerprint density at radius 1 is 1.17 bits per heavy atom. The SMILES string of the molecule is COc1cccc([C@H](C[C@H](CCl)O[Si](C)(C)C(C)(C)C)N[S+]([O-])C(C)(C)C)c1C. The zero-order chi connectivity index (χ0) is 22.6. The maximum absolute atomic E-state index is 12.9. The van der Waals surface area contributed by atoms with Crippen LogP contribution in [0.1, 0.15) is 65.1 Å². The number of nitrogens with one attached hydrogen (secondary N) is 1. The number of rotatable bonds is 9. The summed E-state index contributed by atoms with van der Waals surface area (Å²) in [4.78, 5) is 0. The minimum absolute atomic E-state index is 0.0976. The Balaban J connectivity index is 3.24. The Hall–Kier alpha value is -0.243. The van der Waals surface area contributed by atoms with Crippen LogP contribution < -0.4 is 9.46 Å². The van der Waals surface area contributed by atoms with Crippen molar-refractivity contribution in [3.05, 3.63) is 29.3 Å². The second kappa shape index (κ2) is 10.4. The zero-order valence-electron chi connectivity index (χ0n) is 19.8. The highest BCUT2D eigenvalue weighted by Gasteiger charge is 2.40. The predicted molar refractivity (Wildman–Crippen MR) is 129 cm³/mol. The lowest BCUT2D eigenvalue weighted by atomic mass is 9.97. The Morgan fingerprint density at radius 3 is 2.21 bits per heavy atom. The molecule has 29 heavy (non-hydrogen) atoms. The molecule has 0 bridgehead atoms. The number of alkyl halides is 1. The number of halogens is 1. The van der Waals surface area contributed by atoms with Gasteiger partial charge in [0.1, 0.15) is 10.5 Å². The van der Waals surface area contributed by atoms with E-state index in [0.717, 1.165) is 16.9 Å². The third-order valence-electron chi connectivity index (χ3n) is 5.66. The molecule has 0 aliphatic carbocycles. The van der Waals surface area contributed by atoms with Crippen molar-refractivity contribution in [3.8, 4) is 5.75 Å². The van der Waals surface area contributed by atoms with E-state index in [1.165, 1.54) is 0 Å². The van der Waals surface area contributed by atoms with E-state index in [1.54, 1.807) is 7.11 Å². The van der Waals surface area contributed by atoms with Crippen LogP contribution in [0.15, 0.2) is 18.2 Å². The van der Waals surface area contributed by atoms with E-state index in [-0.39, 0.29) is 21.9 Å². The van der Waals surface area contributed by atoms with Gasteiger partial charge in [0.15, 0.2) is 8.32 Å². The highest BCUT2D eigenvalue weighted by Crippen LogP contribution is 2.39. The quantitative estimate of drug-likeness (QED) is 0.273. The van der Waals surface area contributed by atoms with Gasteiger partial charge in [-0.1, -0.05) is 32.9 Å². The molecule has 0 aliphatic rings. The van der Waals surface area contributed by atoms with E-state index >= 15 is 0 Å². The van der Waals surface area contributed by atoms with Gasteiger partial charge in [-0.05, 0) is 69.4 Å². The monoisotopic (exact) mass is 461 g/mol. The lowest BCUT2D eigenvalue weighted by Gasteiger charge is -2.40. The van der Waals surface area contributed by atoms with Crippen LogP contribution in [-0.2, 0) is 15.8 Å². The van der Waals surface area contributed by atoms with Crippen molar-refractivity contribution in [2.45, 2.75) is 89.9 Å². The largest absolute Gasteiger partial charge is 0.598 e. The highest BCUT2D eigenvalue weighted by molar-refractivity contribution is 7.90. The predicted octanol–water partition coefficient (Wildman–Crippen LogP) is 6.12. The molecule has 7 heteroatoms. The molecule has 0 radical (unpaired) electrons. The second-order valence-electron chi connectivity index (χ2n) is 10.1. The van der Waals surface area contributed by atoms with E-state index < -0.39 is 19.7 Å². The van der Waals surface area contributed by atoms with Crippen LogP contribution in [0.25, 0.3) is 0 Å². The molecule has 0 saturated heterocycles. The molecule has 1 rings (SSSR count). The first-order chi connectivity index (χ1) is 13.1. The zero-order valence-corrected chi connectivity index (χ0v) is 22.4. The van der Waals surface area contributed by atoms with Gasteiger partial charge in [-0.2, -0.15) is 0 Å². The van der Waals surface area contributed by atoms with Crippen LogP contribution in [0.2, 0.25) is 18.1 Å². The minimum Gasteiger partial charge on any atom is -0.598 e. The normalized spacial score (nSPS) is 16.4. The highest BCUT2D eigenvalue weighted by atomic mass is 35.5. The van der Waals surface area contributed by atoms with E-state index in [4.69, 9.17) is 20.8 Å². The van der Waals surface area contributed by atoms with E-state index in [0.29, 0.717) is 12.3 Å². The summed E-state index contributed by atoms with van der Waals surface area (Å²) in [5.74, 6) is 1.22. The maximum Gasteiger partial charge on any atom is 0.192 e. The molecule has 0 spiro atoms. The average Bonchev–Trinajstić information content (AvgIpc) is 2.58. The fraction of sp³-hybridized carbons (Fsp3) is 0.727. The van der Waals surface area contributed by atoms with Crippen molar-refractivity contribution in [2.75, 3.05) is 13.0 Å². The standard InChI is InChI=1S/C22H40ClNO3SSi/c1-16-18(12-11-13-20(16)26-8)19(24-28(25)21(2,3)4)14-17(15-23)27-29(9,10)22(5,6)7/h11-13,17,19,24H,14-15H2,1-10H3/t17-,19+,28?/m1/s1. The van der Waals surface area contributed by atoms with Crippen molar-refractivity contribution in [1.82, 2.24) is 4.72 Å². The molecule has 0 heterocycles. The number of methoxy groups -OCH3 is 1. The summed E-state index contributed by atoms with van der Waals surface area (Å²) in [7, 11) is -0.307. The number of hydrogen-bond donors (Lipinski definition) is 1. The molecule has 168 valence electrons. The lowest BCUT2D eigenvalue weighted by molar-refractivity contribution is 0.180. The first-order valence-electron chi connectivity index (χ1n) is 10.2. The van der Waals surface area contributed by atoms with E-state index in [2.05, 4.69) is 44.7 Å². The molecule has 0 fully saturated rings. The molecule has 0 saturated carbocycles. The fourth-order valence-corrected chi connectivity index (χ4v) is 5.27. The molecule has 1 aromatic carbocycles. The van der Waals surface area contributed by atoms with E-state index in [1.807, 2.05) is 39.8 Å².